The Morgan fingerprint density at radius 3 is 2.37 bits per heavy atom. The Kier molecular flexibility index (Phi) is 10.6. The summed E-state index contributed by atoms with van der Waals surface area (Å²) in [5, 5.41) is 12.4. The summed E-state index contributed by atoms with van der Waals surface area (Å²) in [5.74, 6) is 1.13. The summed E-state index contributed by atoms with van der Waals surface area (Å²) in [6.07, 6.45) is 0.902. The molecule has 1 unspecified atom stereocenters. The van der Waals surface area contributed by atoms with Gasteiger partial charge in [-0.2, -0.15) is 0 Å². The second kappa shape index (κ2) is 14.1. The molecule has 3 rings (SSSR count). The average Bonchev–Trinajstić information content (AvgIpc) is 2.91. The lowest BCUT2D eigenvalue weighted by atomic mass is 9.95. The van der Waals surface area contributed by atoms with Gasteiger partial charge in [0.1, 0.15) is 12.4 Å². The number of hydrogen-bond acceptors (Lipinski definition) is 5. The first-order chi connectivity index (χ1) is 18.3. The molecule has 0 bridgehead atoms. The number of ether oxygens (including phenoxy) is 3. The highest BCUT2D eigenvalue weighted by molar-refractivity contribution is 5.96. The van der Waals surface area contributed by atoms with Gasteiger partial charge >= 0.3 is 5.97 Å². The first-order valence-corrected chi connectivity index (χ1v) is 12.9. The highest BCUT2D eigenvalue weighted by Gasteiger charge is 2.21. The van der Waals surface area contributed by atoms with Crippen molar-refractivity contribution in [2.24, 2.45) is 5.92 Å². The Morgan fingerprint density at radius 2 is 1.71 bits per heavy atom. The van der Waals surface area contributed by atoms with E-state index in [0.29, 0.717) is 41.6 Å². The van der Waals surface area contributed by atoms with Gasteiger partial charge in [-0.15, -0.1) is 0 Å². The minimum Gasteiger partial charge on any atom is -0.493 e. The number of carboxylic acids is 1. The molecular formula is C31H37NO6. The van der Waals surface area contributed by atoms with Crippen LogP contribution in [0.25, 0.3) is 0 Å². The number of nitrogens with one attached hydrogen (secondary N) is 1. The Balaban J connectivity index is 1.89. The van der Waals surface area contributed by atoms with Crippen molar-refractivity contribution in [3.63, 3.8) is 0 Å². The molecule has 0 fully saturated rings. The molecule has 0 spiro atoms. The van der Waals surface area contributed by atoms with E-state index in [0.717, 1.165) is 16.9 Å². The monoisotopic (exact) mass is 519 g/mol. The van der Waals surface area contributed by atoms with Crippen molar-refractivity contribution in [3.8, 4) is 17.2 Å². The average molecular weight is 520 g/mol. The predicted octanol–water partition coefficient (Wildman–Crippen LogP) is 6.21. The summed E-state index contributed by atoms with van der Waals surface area (Å²) >= 11 is 0. The number of aliphatic carboxylic acids is 1. The van der Waals surface area contributed by atoms with Crippen LogP contribution in [-0.2, 0) is 17.8 Å². The van der Waals surface area contributed by atoms with Crippen molar-refractivity contribution < 1.29 is 28.9 Å². The van der Waals surface area contributed by atoms with Gasteiger partial charge in [-0.3, -0.25) is 9.59 Å². The lowest BCUT2D eigenvalue weighted by molar-refractivity contribution is -0.136. The summed E-state index contributed by atoms with van der Waals surface area (Å²) in [6.45, 7) is 6.92. The molecule has 7 nitrogen and oxygen atoms in total. The normalized spacial score (nSPS) is 11.6. The van der Waals surface area contributed by atoms with Crippen LogP contribution < -0.4 is 19.5 Å². The first kappa shape index (κ1) is 28.6. The third kappa shape index (κ3) is 8.26. The second-order valence-electron chi connectivity index (χ2n) is 9.49. The lowest BCUT2D eigenvalue weighted by Crippen LogP contribution is -2.30. The number of benzene rings is 3. The Labute approximate surface area is 224 Å². The van der Waals surface area contributed by atoms with E-state index in [2.05, 4.69) is 19.2 Å². The van der Waals surface area contributed by atoms with Crippen molar-refractivity contribution in [2.45, 2.75) is 52.7 Å². The maximum atomic E-state index is 13.7. The standard InChI is InChI=1S/C31H37NO6/c1-5-37-28-15-13-24(19-29(28)36-4)27(17-21(2)3)32-31(35)26-18-22(11-12-23(26)14-16-30(33)34)20-38-25-9-7-6-8-10-25/h6-13,15,18-19,21,27H,5,14,16-17,20H2,1-4H3,(H,32,35)(H,33,34). The van der Waals surface area contributed by atoms with Crippen LogP contribution in [0, 0.1) is 5.92 Å². The fraction of sp³-hybridized carbons (Fsp3) is 0.355. The number of rotatable bonds is 14. The van der Waals surface area contributed by atoms with Gasteiger partial charge in [-0.1, -0.05) is 50.2 Å². The zero-order chi connectivity index (χ0) is 27.5. The number of carbonyl (C=O) groups excluding carboxylic acids is 1. The summed E-state index contributed by atoms with van der Waals surface area (Å²) in [6, 6.07) is 20.4. The zero-order valence-corrected chi connectivity index (χ0v) is 22.5. The number of carboxylic acid groups (broad SMARTS) is 1. The van der Waals surface area contributed by atoms with E-state index >= 15 is 0 Å². The van der Waals surface area contributed by atoms with Gasteiger partial charge in [-0.05, 0) is 72.7 Å². The Hall–Kier alpha value is -4.00. The summed E-state index contributed by atoms with van der Waals surface area (Å²) < 4.78 is 17.1. The molecule has 0 saturated heterocycles. The molecule has 0 aromatic heterocycles. The van der Waals surface area contributed by atoms with Crippen molar-refractivity contribution in [2.75, 3.05) is 13.7 Å². The molecule has 0 aliphatic carbocycles. The summed E-state index contributed by atoms with van der Waals surface area (Å²) in [5.41, 5.74) is 2.86. The van der Waals surface area contributed by atoms with Crippen molar-refractivity contribution in [1.29, 1.82) is 0 Å². The van der Waals surface area contributed by atoms with Crippen LogP contribution in [0.15, 0.2) is 66.7 Å². The van der Waals surface area contributed by atoms with E-state index in [1.54, 1.807) is 13.2 Å². The number of hydrogen-bond donors (Lipinski definition) is 2. The Morgan fingerprint density at radius 1 is 0.947 bits per heavy atom. The number of carbonyl (C=O) groups is 2. The van der Waals surface area contributed by atoms with Crippen LogP contribution in [0.1, 0.15) is 66.7 Å². The van der Waals surface area contributed by atoms with Crippen LogP contribution in [0.3, 0.4) is 0 Å². The van der Waals surface area contributed by atoms with Gasteiger partial charge in [0.2, 0.25) is 0 Å². The van der Waals surface area contributed by atoms with E-state index < -0.39 is 5.97 Å². The molecule has 0 heterocycles. The maximum absolute atomic E-state index is 13.7. The van der Waals surface area contributed by atoms with Crippen LogP contribution in [0.5, 0.6) is 17.2 Å². The number of methoxy groups -OCH3 is 1. The number of para-hydroxylation sites is 1. The fourth-order valence-electron chi connectivity index (χ4n) is 4.23. The molecule has 0 aliphatic heterocycles. The minimum absolute atomic E-state index is 0.0638. The van der Waals surface area contributed by atoms with Gasteiger partial charge in [0, 0.05) is 12.0 Å². The van der Waals surface area contributed by atoms with Crippen LogP contribution in [-0.4, -0.2) is 30.7 Å². The molecule has 7 heteroatoms. The third-order valence-electron chi connectivity index (χ3n) is 6.08. The minimum atomic E-state index is -0.910. The molecule has 38 heavy (non-hydrogen) atoms. The summed E-state index contributed by atoms with van der Waals surface area (Å²) in [7, 11) is 1.59. The van der Waals surface area contributed by atoms with Crippen molar-refractivity contribution in [3.05, 3.63) is 89.0 Å². The maximum Gasteiger partial charge on any atom is 0.303 e. The van der Waals surface area contributed by atoms with E-state index in [4.69, 9.17) is 14.2 Å². The molecule has 2 N–H and O–H groups in total. The van der Waals surface area contributed by atoms with Crippen molar-refractivity contribution in [1.82, 2.24) is 5.32 Å². The van der Waals surface area contributed by atoms with Gasteiger partial charge in [0.15, 0.2) is 11.5 Å². The molecule has 0 aliphatic rings. The van der Waals surface area contributed by atoms with Gasteiger partial charge < -0.3 is 24.6 Å². The van der Waals surface area contributed by atoms with E-state index in [9.17, 15) is 14.7 Å². The third-order valence-corrected chi connectivity index (χ3v) is 6.08. The molecule has 3 aromatic carbocycles. The van der Waals surface area contributed by atoms with Crippen molar-refractivity contribution >= 4 is 11.9 Å². The first-order valence-electron chi connectivity index (χ1n) is 12.9. The summed E-state index contributed by atoms with van der Waals surface area (Å²) in [4.78, 5) is 24.9. The highest BCUT2D eigenvalue weighted by atomic mass is 16.5. The largest absolute Gasteiger partial charge is 0.493 e. The second-order valence-corrected chi connectivity index (χ2v) is 9.49. The number of amides is 1. The van der Waals surface area contributed by atoms with Gasteiger partial charge in [0.25, 0.3) is 5.91 Å². The molecular weight excluding hydrogens is 482 g/mol. The van der Waals surface area contributed by atoms with Crippen LogP contribution in [0.2, 0.25) is 0 Å². The molecule has 0 saturated carbocycles. The van der Waals surface area contributed by atoms with E-state index in [1.807, 2.05) is 67.6 Å². The van der Waals surface area contributed by atoms with Gasteiger partial charge in [0.05, 0.1) is 19.8 Å². The van der Waals surface area contributed by atoms with E-state index in [-0.39, 0.29) is 31.4 Å². The SMILES string of the molecule is CCOc1ccc(C(CC(C)C)NC(=O)c2cc(COc3ccccc3)ccc2CCC(=O)O)cc1OC. The number of aryl methyl sites for hydroxylation is 1. The molecule has 1 amide bonds. The molecule has 202 valence electrons. The van der Waals surface area contributed by atoms with Gasteiger partial charge in [-0.25, -0.2) is 0 Å². The fourth-order valence-corrected chi connectivity index (χ4v) is 4.23. The topological polar surface area (TPSA) is 94.1 Å². The molecule has 3 aromatic rings. The van der Waals surface area contributed by atoms with Crippen LogP contribution in [0.4, 0.5) is 0 Å². The predicted molar refractivity (Wildman–Crippen MR) is 147 cm³/mol. The smallest absolute Gasteiger partial charge is 0.303 e. The molecule has 0 radical (unpaired) electrons. The van der Waals surface area contributed by atoms with E-state index in [1.165, 1.54) is 0 Å². The lowest BCUT2D eigenvalue weighted by Gasteiger charge is -2.23. The highest BCUT2D eigenvalue weighted by Crippen LogP contribution is 2.32. The quantitative estimate of drug-likeness (QED) is 0.263. The zero-order valence-electron chi connectivity index (χ0n) is 22.5. The Bertz CT molecular complexity index is 1210. The molecule has 1 atom stereocenters. The van der Waals surface area contributed by atoms with Crippen LogP contribution >= 0.6 is 0 Å².